The van der Waals surface area contributed by atoms with Crippen molar-refractivity contribution >= 4 is 22.9 Å². The van der Waals surface area contributed by atoms with Crippen molar-refractivity contribution in [2.45, 2.75) is 47.0 Å². The van der Waals surface area contributed by atoms with E-state index in [-0.39, 0.29) is 24.1 Å². The predicted octanol–water partition coefficient (Wildman–Crippen LogP) is 4.34. The van der Waals surface area contributed by atoms with Crippen LogP contribution in [0.1, 0.15) is 57.9 Å². The molecule has 2 unspecified atom stereocenters. The fourth-order valence-electron chi connectivity index (χ4n) is 3.66. The molecule has 2 aromatic rings. The second-order valence-electron chi connectivity index (χ2n) is 7.94. The lowest BCUT2D eigenvalue weighted by Crippen LogP contribution is -2.34. The van der Waals surface area contributed by atoms with Crippen LogP contribution in [0.2, 0.25) is 0 Å². The third-order valence-electron chi connectivity index (χ3n) is 5.08. The number of benzene rings is 1. The van der Waals surface area contributed by atoms with Crippen LogP contribution in [0.3, 0.4) is 0 Å². The van der Waals surface area contributed by atoms with Crippen molar-refractivity contribution < 1.29 is 18.9 Å². The first-order valence-corrected chi connectivity index (χ1v) is 10.2. The number of nitrogens with zero attached hydrogens (tertiary/aromatic N) is 4. The molecule has 0 spiro atoms. The molecule has 0 fully saturated rings. The van der Waals surface area contributed by atoms with Crippen LogP contribution in [0.25, 0.3) is 5.57 Å². The van der Waals surface area contributed by atoms with Gasteiger partial charge in [0.2, 0.25) is 11.8 Å². The van der Waals surface area contributed by atoms with Crippen molar-refractivity contribution in [3.63, 3.8) is 0 Å². The van der Waals surface area contributed by atoms with Gasteiger partial charge in [-0.3, -0.25) is 19.9 Å². The summed E-state index contributed by atoms with van der Waals surface area (Å²) in [5.41, 5.74) is 2.28. The number of aromatic nitrogens is 2. The maximum absolute atomic E-state index is 13.1. The summed E-state index contributed by atoms with van der Waals surface area (Å²) in [7, 11) is 0. The molecule has 164 valence electrons. The van der Waals surface area contributed by atoms with Gasteiger partial charge in [-0.15, -0.1) is 10.2 Å². The van der Waals surface area contributed by atoms with Crippen LogP contribution in [0.5, 0.6) is 0 Å². The van der Waals surface area contributed by atoms with Gasteiger partial charge in [-0.2, -0.15) is 0 Å². The molecule has 0 N–H and O–H groups in total. The molecule has 0 saturated carbocycles. The largest absolute Gasteiger partial charge is 0.465 e. The molecule has 1 aliphatic heterocycles. The van der Waals surface area contributed by atoms with E-state index in [1.54, 1.807) is 26.0 Å². The highest BCUT2D eigenvalue weighted by Gasteiger charge is 2.42. The minimum absolute atomic E-state index is 0.0660. The Hall–Kier alpha value is -3.36. The number of non-ortho nitro benzene ring substituents is 1. The summed E-state index contributed by atoms with van der Waals surface area (Å²) in [5.74, 6) is -0.937. The summed E-state index contributed by atoms with van der Waals surface area (Å²) in [6.07, 6.45) is 0.558. The molecular formula is C22H26N4O5. The second-order valence-corrected chi connectivity index (χ2v) is 7.94. The van der Waals surface area contributed by atoms with Gasteiger partial charge in [0.15, 0.2) is 0 Å². The van der Waals surface area contributed by atoms with E-state index in [9.17, 15) is 14.9 Å². The van der Waals surface area contributed by atoms with Crippen LogP contribution >= 0.6 is 0 Å². The lowest BCUT2D eigenvalue weighted by atomic mass is 9.75. The van der Waals surface area contributed by atoms with Gasteiger partial charge in [0.25, 0.3) is 5.69 Å². The molecule has 0 amide bonds. The lowest BCUT2D eigenvalue weighted by molar-refractivity contribution is -0.384. The SMILES string of the molecule is CCc1nnc(C2=C(C)N=C(C)C(C(=O)OCC(C)C)C2c2cccc([N+](=O)[O-])c2)o1. The van der Waals surface area contributed by atoms with Gasteiger partial charge in [0, 0.05) is 41.5 Å². The molecule has 9 heteroatoms. The summed E-state index contributed by atoms with van der Waals surface area (Å²) in [6, 6.07) is 6.24. The first kappa shape index (κ1) is 22.3. The molecule has 1 aromatic heterocycles. The Labute approximate surface area is 180 Å². The Kier molecular flexibility index (Phi) is 6.62. The third kappa shape index (κ3) is 4.70. The highest BCUT2D eigenvalue weighted by atomic mass is 16.6. The maximum Gasteiger partial charge on any atom is 0.315 e. The fourth-order valence-corrected chi connectivity index (χ4v) is 3.66. The van der Waals surface area contributed by atoms with Crippen LogP contribution in [0.4, 0.5) is 5.69 Å². The quantitative estimate of drug-likeness (QED) is 0.367. The van der Waals surface area contributed by atoms with Gasteiger partial charge in [-0.1, -0.05) is 32.9 Å². The van der Waals surface area contributed by atoms with E-state index in [2.05, 4.69) is 15.2 Å². The topological polar surface area (TPSA) is 121 Å². The smallest absolute Gasteiger partial charge is 0.315 e. The van der Waals surface area contributed by atoms with Gasteiger partial charge in [0.1, 0.15) is 5.92 Å². The first-order chi connectivity index (χ1) is 14.7. The van der Waals surface area contributed by atoms with Crippen LogP contribution in [0, 0.1) is 22.0 Å². The number of carbonyl (C=O) groups excluding carboxylic acids is 1. The molecule has 0 aliphatic carbocycles. The number of hydrogen-bond donors (Lipinski definition) is 0. The van der Waals surface area contributed by atoms with E-state index in [4.69, 9.17) is 9.15 Å². The first-order valence-electron chi connectivity index (χ1n) is 10.2. The molecule has 1 aliphatic rings. The summed E-state index contributed by atoms with van der Waals surface area (Å²) in [4.78, 5) is 28.6. The van der Waals surface area contributed by atoms with E-state index in [1.165, 1.54) is 12.1 Å². The van der Waals surface area contributed by atoms with E-state index >= 15 is 0 Å². The minimum atomic E-state index is -0.767. The Balaban J connectivity index is 2.16. The van der Waals surface area contributed by atoms with E-state index in [0.29, 0.717) is 34.9 Å². The monoisotopic (exact) mass is 426 g/mol. The average Bonchev–Trinajstić information content (AvgIpc) is 3.20. The number of rotatable bonds is 7. The zero-order valence-corrected chi connectivity index (χ0v) is 18.3. The van der Waals surface area contributed by atoms with Crippen molar-refractivity contribution in [1.29, 1.82) is 0 Å². The normalized spacial score (nSPS) is 18.8. The molecule has 2 heterocycles. The van der Waals surface area contributed by atoms with Crippen molar-refractivity contribution in [3.8, 4) is 0 Å². The highest BCUT2D eigenvalue weighted by Crippen LogP contribution is 2.44. The molecule has 1 aromatic carbocycles. The third-order valence-corrected chi connectivity index (χ3v) is 5.08. The average molecular weight is 426 g/mol. The van der Waals surface area contributed by atoms with Crippen molar-refractivity contribution in [2.75, 3.05) is 6.61 Å². The number of carbonyl (C=O) groups is 1. The minimum Gasteiger partial charge on any atom is -0.465 e. The van der Waals surface area contributed by atoms with Gasteiger partial charge in [-0.05, 0) is 25.3 Å². The molecule has 2 atom stereocenters. The number of nitro groups is 1. The molecule has 9 nitrogen and oxygen atoms in total. The van der Waals surface area contributed by atoms with Gasteiger partial charge in [-0.25, -0.2) is 0 Å². The molecule has 3 rings (SSSR count). The Morgan fingerprint density at radius 3 is 2.65 bits per heavy atom. The standard InChI is InChI=1S/C22H26N4O5/c1-6-17-24-25-21(31-17)18-13(4)23-14(5)19(22(27)30-11-12(2)3)20(18)15-8-7-9-16(10-15)26(28)29/h7-10,12,19-20H,6,11H2,1-5H3. The van der Waals surface area contributed by atoms with Crippen LogP contribution in [-0.2, 0) is 16.0 Å². The second kappa shape index (κ2) is 9.20. The summed E-state index contributed by atoms with van der Waals surface area (Å²) in [6.45, 7) is 9.63. The van der Waals surface area contributed by atoms with Gasteiger partial charge >= 0.3 is 5.97 Å². The van der Waals surface area contributed by atoms with Crippen LogP contribution in [0.15, 0.2) is 39.4 Å². The number of aliphatic imine (C=N–C) groups is 1. The summed E-state index contributed by atoms with van der Waals surface area (Å²) in [5, 5.41) is 19.6. The molecule has 0 saturated heterocycles. The summed E-state index contributed by atoms with van der Waals surface area (Å²) >= 11 is 0. The number of aryl methyl sites for hydroxylation is 1. The number of ether oxygens (including phenoxy) is 1. The van der Waals surface area contributed by atoms with Gasteiger partial charge in [0.05, 0.1) is 11.5 Å². The van der Waals surface area contributed by atoms with E-state index in [0.717, 1.165) is 0 Å². The molecular weight excluding hydrogens is 400 g/mol. The maximum atomic E-state index is 13.1. The number of nitro benzene ring substituents is 1. The molecule has 0 radical (unpaired) electrons. The predicted molar refractivity (Wildman–Crippen MR) is 115 cm³/mol. The zero-order chi connectivity index (χ0) is 22.7. The number of esters is 1. The Bertz CT molecular complexity index is 1050. The fraction of sp³-hybridized carbons (Fsp3) is 0.455. The number of allylic oxidation sites excluding steroid dienone is 2. The number of hydrogen-bond acceptors (Lipinski definition) is 8. The van der Waals surface area contributed by atoms with Crippen molar-refractivity contribution in [3.05, 3.63) is 57.4 Å². The van der Waals surface area contributed by atoms with Crippen molar-refractivity contribution in [2.24, 2.45) is 16.8 Å². The molecule has 31 heavy (non-hydrogen) atoms. The summed E-state index contributed by atoms with van der Waals surface area (Å²) < 4.78 is 11.3. The van der Waals surface area contributed by atoms with E-state index in [1.807, 2.05) is 20.8 Å². The zero-order valence-electron chi connectivity index (χ0n) is 18.3. The van der Waals surface area contributed by atoms with E-state index < -0.39 is 22.7 Å². The van der Waals surface area contributed by atoms with Gasteiger partial charge < -0.3 is 9.15 Å². The van der Waals surface area contributed by atoms with Crippen LogP contribution < -0.4 is 0 Å². The highest BCUT2D eigenvalue weighted by molar-refractivity contribution is 6.06. The molecule has 0 bridgehead atoms. The van der Waals surface area contributed by atoms with Crippen LogP contribution in [-0.4, -0.2) is 33.4 Å². The van der Waals surface area contributed by atoms with Crippen molar-refractivity contribution in [1.82, 2.24) is 10.2 Å². The Morgan fingerprint density at radius 2 is 2.03 bits per heavy atom. The lowest BCUT2D eigenvalue weighted by Gasteiger charge is -2.31. The Morgan fingerprint density at radius 1 is 1.29 bits per heavy atom.